The highest BCUT2D eigenvalue weighted by Crippen LogP contribution is 2.42. The molecular formula is C16H14Cl2O3. The summed E-state index contributed by atoms with van der Waals surface area (Å²) in [6.07, 6.45) is 0. The van der Waals surface area contributed by atoms with Crippen LogP contribution in [0.4, 0.5) is 0 Å². The Labute approximate surface area is 133 Å². The summed E-state index contributed by atoms with van der Waals surface area (Å²) in [5, 5.41) is 0.790. The predicted molar refractivity (Wildman–Crippen MR) is 85.0 cm³/mol. The van der Waals surface area contributed by atoms with E-state index in [0.29, 0.717) is 27.1 Å². The minimum absolute atomic E-state index is 0.0775. The van der Waals surface area contributed by atoms with Crippen LogP contribution < -0.4 is 9.47 Å². The van der Waals surface area contributed by atoms with Crippen LogP contribution in [0.5, 0.6) is 11.5 Å². The molecule has 0 aliphatic heterocycles. The molecule has 2 aromatic rings. The molecule has 0 fully saturated rings. The number of halogens is 2. The summed E-state index contributed by atoms with van der Waals surface area (Å²) in [5.41, 5.74) is 2.07. The van der Waals surface area contributed by atoms with Crippen LogP contribution >= 0.6 is 23.2 Å². The highest BCUT2D eigenvalue weighted by Gasteiger charge is 2.16. The summed E-state index contributed by atoms with van der Waals surface area (Å²) in [7, 11) is 3.08. The number of rotatable bonds is 4. The van der Waals surface area contributed by atoms with Crippen molar-refractivity contribution in [2.75, 3.05) is 14.2 Å². The normalized spacial score (nSPS) is 10.3. The first-order valence-electron chi connectivity index (χ1n) is 6.21. The van der Waals surface area contributed by atoms with Gasteiger partial charge in [-0.2, -0.15) is 0 Å². The van der Waals surface area contributed by atoms with Crippen molar-refractivity contribution < 1.29 is 14.3 Å². The molecule has 0 amide bonds. The molecule has 0 bridgehead atoms. The second-order valence-electron chi connectivity index (χ2n) is 4.41. The van der Waals surface area contributed by atoms with Crippen LogP contribution in [-0.2, 0) is 0 Å². The summed E-state index contributed by atoms with van der Waals surface area (Å²) in [5.74, 6) is 0.956. The number of ether oxygens (including phenoxy) is 2. The fourth-order valence-corrected chi connectivity index (χ4v) is 2.72. The lowest BCUT2D eigenvalue weighted by Gasteiger charge is -2.14. The topological polar surface area (TPSA) is 35.5 Å². The zero-order valence-corrected chi connectivity index (χ0v) is 13.4. The molecule has 0 saturated carbocycles. The van der Waals surface area contributed by atoms with Crippen LogP contribution in [0, 0.1) is 0 Å². The summed E-state index contributed by atoms with van der Waals surface area (Å²) >= 11 is 12.4. The van der Waals surface area contributed by atoms with Crippen LogP contribution in [0.15, 0.2) is 30.3 Å². The van der Waals surface area contributed by atoms with Gasteiger partial charge in [0.15, 0.2) is 5.78 Å². The number of Topliss-reactive ketones (excluding diaryl/α,β-unsaturated/α-hetero) is 1. The third-order valence-corrected chi connectivity index (χ3v) is 3.82. The number of carbonyl (C=O) groups is 1. The van der Waals surface area contributed by atoms with E-state index < -0.39 is 0 Å². The van der Waals surface area contributed by atoms with Gasteiger partial charge in [-0.15, -0.1) is 0 Å². The van der Waals surface area contributed by atoms with Crippen molar-refractivity contribution in [2.45, 2.75) is 6.92 Å². The lowest BCUT2D eigenvalue weighted by Crippen LogP contribution is -1.95. The van der Waals surface area contributed by atoms with Crippen molar-refractivity contribution in [1.82, 2.24) is 0 Å². The van der Waals surface area contributed by atoms with Crippen molar-refractivity contribution in [3.63, 3.8) is 0 Å². The molecule has 0 saturated heterocycles. The van der Waals surface area contributed by atoms with E-state index in [-0.39, 0.29) is 5.78 Å². The van der Waals surface area contributed by atoms with Crippen LogP contribution in [0.3, 0.4) is 0 Å². The van der Waals surface area contributed by atoms with E-state index in [1.165, 1.54) is 14.0 Å². The Hall–Kier alpha value is -1.71. The number of ketones is 1. The largest absolute Gasteiger partial charge is 0.495 e. The molecule has 0 aliphatic rings. The van der Waals surface area contributed by atoms with Crippen molar-refractivity contribution in [3.8, 4) is 22.6 Å². The van der Waals surface area contributed by atoms with Crippen molar-refractivity contribution >= 4 is 29.0 Å². The van der Waals surface area contributed by atoms with Gasteiger partial charge in [-0.25, -0.2) is 0 Å². The second kappa shape index (κ2) is 6.37. The van der Waals surface area contributed by atoms with Gasteiger partial charge in [-0.05, 0) is 36.8 Å². The zero-order chi connectivity index (χ0) is 15.6. The Morgan fingerprint density at radius 3 is 2.29 bits per heavy atom. The van der Waals surface area contributed by atoms with Gasteiger partial charge in [-0.3, -0.25) is 4.79 Å². The molecule has 0 N–H and O–H groups in total. The molecule has 0 radical (unpaired) electrons. The molecule has 2 rings (SSSR count). The summed E-state index contributed by atoms with van der Waals surface area (Å²) in [4.78, 5) is 11.4. The Balaban J connectivity index is 2.59. The second-order valence-corrected chi connectivity index (χ2v) is 5.20. The average molecular weight is 325 g/mol. The highest BCUT2D eigenvalue weighted by atomic mass is 35.5. The fraction of sp³-hybridized carbons (Fsp3) is 0.188. The maximum absolute atomic E-state index is 11.4. The summed E-state index contributed by atoms with van der Waals surface area (Å²) in [6.45, 7) is 1.48. The summed E-state index contributed by atoms with van der Waals surface area (Å²) < 4.78 is 10.5. The van der Waals surface area contributed by atoms with Crippen LogP contribution in [0.25, 0.3) is 11.1 Å². The van der Waals surface area contributed by atoms with E-state index >= 15 is 0 Å². The molecule has 0 heterocycles. The molecule has 0 spiro atoms. The maximum Gasteiger partial charge on any atom is 0.161 e. The van der Waals surface area contributed by atoms with E-state index in [2.05, 4.69) is 0 Å². The maximum atomic E-state index is 11.4. The number of carbonyl (C=O) groups excluding carboxylic acids is 1. The summed E-state index contributed by atoms with van der Waals surface area (Å²) in [6, 6.07) is 8.81. The molecule has 0 aliphatic carbocycles. The van der Waals surface area contributed by atoms with Crippen molar-refractivity contribution in [2.24, 2.45) is 0 Å². The van der Waals surface area contributed by atoms with Gasteiger partial charge in [0, 0.05) is 11.1 Å². The van der Waals surface area contributed by atoms with Crippen LogP contribution in [-0.4, -0.2) is 20.0 Å². The molecule has 0 atom stereocenters. The van der Waals surface area contributed by atoms with E-state index in [9.17, 15) is 4.79 Å². The first-order chi connectivity index (χ1) is 9.99. The third kappa shape index (κ3) is 2.99. The molecule has 0 aromatic heterocycles. The van der Waals surface area contributed by atoms with E-state index in [0.717, 1.165) is 11.1 Å². The highest BCUT2D eigenvalue weighted by molar-refractivity contribution is 6.35. The molecular weight excluding hydrogens is 311 g/mol. The Morgan fingerprint density at radius 1 is 1.05 bits per heavy atom. The molecule has 110 valence electrons. The molecule has 21 heavy (non-hydrogen) atoms. The van der Waals surface area contributed by atoms with Gasteiger partial charge in [0.25, 0.3) is 0 Å². The number of hydrogen-bond donors (Lipinski definition) is 0. The minimum atomic E-state index is -0.0775. The standard InChI is InChI=1S/C16H14Cl2O3/c1-9(19)11-5-4-10(8-13(11)17)12-6-7-14(20-2)15(18)16(12)21-3/h4-8H,1-3H3. The molecule has 5 heteroatoms. The van der Waals surface area contributed by atoms with Gasteiger partial charge >= 0.3 is 0 Å². The third-order valence-electron chi connectivity index (χ3n) is 3.15. The van der Waals surface area contributed by atoms with Gasteiger partial charge in [0.2, 0.25) is 0 Å². The van der Waals surface area contributed by atoms with E-state index in [1.54, 1.807) is 25.3 Å². The van der Waals surface area contributed by atoms with Crippen LogP contribution in [0.1, 0.15) is 17.3 Å². The predicted octanol–water partition coefficient (Wildman–Crippen LogP) is 4.88. The zero-order valence-electron chi connectivity index (χ0n) is 11.9. The fourth-order valence-electron chi connectivity index (χ4n) is 2.09. The van der Waals surface area contributed by atoms with Crippen molar-refractivity contribution in [1.29, 1.82) is 0 Å². The van der Waals surface area contributed by atoms with Gasteiger partial charge in [-0.1, -0.05) is 29.3 Å². The molecule has 2 aromatic carbocycles. The Kier molecular flexibility index (Phi) is 4.76. The Morgan fingerprint density at radius 2 is 1.76 bits per heavy atom. The van der Waals surface area contributed by atoms with E-state index in [1.807, 2.05) is 12.1 Å². The first kappa shape index (κ1) is 15.7. The van der Waals surface area contributed by atoms with Gasteiger partial charge < -0.3 is 9.47 Å². The minimum Gasteiger partial charge on any atom is -0.495 e. The quantitative estimate of drug-likeness (QED) is 0.752. The molecule has 3 nitrogen and oxygen atoms in total. The lowest BCUT2D eigenvalue weighted by molar-refractivity contribution is 0.101. The first-order valence-corrected chi connectivity index (χ1v) is 6.96. The number of hydrogen-bond acceptors (Lipinski definition) is 3. The van der Waals surface area contributed by atoms with Gasteiger partial charge in [0.1, 0.15) is 16.5 Å². The number of benzene rings is 2. The van der Waals surface area contributed by atoms with Crippen molar-refractivity contribution in [3.05, 3.63) is 45.9 Å². The van der Waals surface area contributed by atoms with Gasteiger partial charge in [0.05, 0.1) is 19.2 Å². The number of methoxy groups -OCH3 is 2. The van der Waals surface area contributed by atoms with E-state index in [4.69, 9.17) is 32.7 Å². The smallest absolute Gasteiger partial charge is 0.161 e. The van der Waals surface area contributed by atoms with Crippen LogP contribution in [0.2, 0.25) is 10.0 Å². The average Bonchev–Trinajstić information content (AvgIpc) is 2.46. The monoisotopic (exact) mass is 324 g/mol. The lowest BCUT2D eigenvalue weighted by atomic mass is 10.0. The molecule has 0 unspecified atom stereocenters. The SMILES string of the molecule is COc1ccc(-c2ccc(C(C)=O)c(Cl)c2)c(OC)c1Cl. The Bertz CT molecular complexity index is 696.